The van der Waals surface area contributed by atoms with Gasteiger partial charge in [-0.25, -0.2) is 0 Å². The van der Waals surface area contributed by atoms with E-state index in [-0.39, 0.29) is 11.8 Å². The van der Waals surface area contributed by atoms with Crippen LogP contribution in [0, 0.1) is 5.92 Å². The van der Waals surface area contributed by atoms with Crippen LogP contribution >= 0.6 is 0 Å². The molecule has 1 aliphatic heterocycles. The molecule has 0 aromatic heterocycles. The summed E-state index contributed by atoms with van der Waals surface area (Å²) < 4.78 is 0. The number of rotatable bonds is 2. The highest BCUT2D eigenvalue weighted by Gasteiger charge is 2.28. The van der Waals surface area contributed by atoms with Crippen molar-refractivity contribution in [2.24, 2.45) is 5.92 Å². The molecule has 0 atom stereocenters. The smallest absolute Gasteiger partial charge is 0.225 e. The zero-order valence-electron chi connectivity index (χ0n) is 11.4. The van der Waals surface area contributed by atoms with Gasteiger partial charge in [0.15, 0.2) is 0 Å². The molecule has 2 aliphatic rings. The fourth-order valence-electron chi connectivity index (χ4n) is 3.04. The summed E-state index contributed by atoms with van der Waals surface area (Å²) in [4.78, 5) is 27.9. The first kappa shape index (κ1) is 13.4. The fourth-order valence-corrected chi connectivity index (χ4v) is 3.04. The monoisotopic (exact) mass is 252 g/mol. The van der Waals surface area contributed by atoms with E-state index in [4.69, 9.17) is 0 Å². The maximum absolute atomic E-state index is 12.3. The molecule has 0 unspecified atom stereocenters. The average Bonchev–Trinajstić information content (AvgIpc) is 2.81. The molecule has 0 radical (unpaired) electrons. The van der Waals surface area contributed by atoms with E-state index < -0.39 is 0 Å². The summed E-state index contributed by atoms with van der Waals surface area (Å²) in [6.45, 7) is 4.96. The highest BCUT2D eigenvalue weighted by atomic mass is 16.2. The normalized spacial score (nSPS) is 22.1. The van der Waals surface area contributed by atoms with Gasteiger partial charge in [0.1, 0.15) is 0 Å². The minimum Gasteiger partial charge on any atom is -0.341 e. The second kappa shape index (κ2) is 6.21. The second-order valence-corrected chi connectivity index (χ2v) is 5.39. The van der Waals surface area contributed by atoms with Gasteiger partial charge in [0.2, 0.25) is 11.8 Å². The van der Waals surface area contributed by atoms with Crippen molar-refractivity contribution >= 4 is 11.8 Å². The summed E-state index contributed by atoms with van der Waals surface area (Å²) in [5.74, 6) is 0.807. The number of hydrogen-bond donors (Lipinski definition) is 0. The summed E-state index contributed by atoms with van der Waals surface area (Å²) in [7, 11) is 0. The van der Waals surface area contributed by atoms with Crippen LogP contribution in [0.25, 0.3) is 0 Å². The van der Waals surface area contributed by atoms with Crippen molar-refractivity contribution in [1.82, 2.24) is 9.80 Å². The molecule has 0 bridgehead atoms. The Labute approximate surface area is 109 Å². The van der Waals surface area contributed by atoms with Crippen molar-refractivity contribution in [3.05, 3.63) is 0 Å². The first-order valence-electron chi connectivity index (χ1n) is 7.29. The lowest BCUT2D eigenvalue weighted by molar-refractivity contribution is -0.136. The zero-order valence-corrected chi connectivity index (χ0v) is 11.4. The second-order valence-electron chi connectivity index (χ2n) is 5.39. The van der Waals surface area contributed by atoms with Crippen molar-refractivity contribution in [2.75, 3.05) is 26.2 Å². The Morgan fingerprint density at radius 1 is 0.944 bits per heavy atom. The zero-order chi connectivity index (χ0) is 13.0. The van der Waals surface area contributed by atoms with Crippen molar-refractivity contribution in [1.29, 1.82) is 0 Å². The summed E-state index contributed by atoms with van der Waals surface area (Å²) >= 11 is 0. The van der Waals surface area contributed by atoms with Crippen LogP contribution in [0.1, 0.15) is 45.4 Å². The Morgan fingerprint density at radius 2 is 1.56 bits per heavy atom. The molecule has 4 heteroatoms. The molecule has 2 amide bonds. The quantitative estimate of drug-likeness (QED) is 0.749. The van der Waals surface area contributed by atoms with Crippen molar-refractivity contribution in [3.63, 3.8) is 0 Å². The summed E-state index contributed by atoms with van der Waals surface area (Å²) in [5, 5.41) is 0. The van der Waals surface area contributed by atoms with Gasteiger partial charge in [-0.3, -0.25) is 9.59 Å². The van der Waals surface area contributed by atoms with Crippen LogP contribution in [0.15, 0.2) is 0 Å². The van der Waals surface area contributed by atoms with E-state index in [1.54, 1.807) is 0 Å². The number of hydrogen-bond acceptors (Lipinski definition) is 2. The maximum Gasteiger partial charge on any atom is 0.225 e. The summed E-state index contributed by atoms with van der Waals surface area (Å²) in [6.07, 6.45) is 6.01. The number of amides is 2. The van der Waals surface area contributed by atoms with E-state index in [9.17, 15) is 9.59 Å². The molecule has 1 heterocycles. The fraction of sp³-hybridized carbons (Fsp3) is 0.857. The molecule has 0 aromatic rings. The van der Waals surface area contributed by atoms with Gasteiger partial charge in [-0.2, -0.15) is 0 Å². The van der Waals surface area contributed by atoms with E-state index in [1.807, 2.05) is 16.7 Å². The molecule has 0 spiro atoms. The Morgan fingerprint density at radius 3 is 2.22 bits per heavy atom. The van der Waals surface area contributed by atoms with Gasteiger partial charge in [-0.15, -0.1) is 0 Å². The lowest BCUT2D eigenvalue weighted by atomic mass is 10.1. The summed E-state index contributed by atoms with van der Waals surface area (Å²) in [6, 6.07) is 0. The molecule has 18 heavy (non-hydrogen) atoms. The molecular formula is C14H24N2O2. The minimum atomic E-state index is 0.213. The largest absolute Gasteiger partial charge is 0.341 e. The van der Waals surface area contributed by atoms with Crippen molar-refractivity contribution < 1.29 is 9.59 Å². The Hall–Kier alpha value is -1.06. The van der Waals surface area contributed by atoms with E-state index in [1.165, 1.54) is 12.8 Å². The van der Waals surface area contributed by atoms with Crippen LogP contribution in [0.4, 0.5) is 0 Å². The van der Waals surface area contributed by atoms with Crippen molar-refractivity contribution in [3.8, 4) is 0 Å². The molecule has 1 saturated carbocycles. The number of carbonyl (C=O) groups excluding carboxylic acids is 2. The third-order valence-electron chi connectivity index (χ3n) is 4.17. The molecular weight excluding hydrogens is 228 g/mol. The van der Waals surface area contributed by atoms with Gasteiger partial charge in [-0.05, 0) is 19.3 Å². The maximum atomic E-state index is 12.3. The standard InChI is InChI=1S/C14H24N2O2/c1-2-13(17)15-8-5-9-16(11-10-15)14(18)12-6-3-4-7-12/h12H,2-11H2,1H3. The predicted octanol–water partition coefficient (Wildman–Crippen LogP) is 1.65. The number of nitrogens with zero attached hydrogens (tertiary/aromatic N) is 2. The van der Waals surface area contributed by atoms with E-state index in [0.29, 0.717) is 18.9 Å². The molecule has 1 aliphatic carbocycles. The van der Waals surface area contributed by atoms with E-state index in [2.05, 4.69) is 0 Å². The van der Waals surface area contributed by atoms with E-state index >= 15 is 0 Å². The lowest BCUT2D eigenvalue weighted by Gasteiger charge is -2.24. The predicted molar refractivity (Wildman–Crippen MR) is 70.0 cm³/mol. The molecule has 2 rings (SSSR count). The Bertz CT molecular complexity index is 311. The average molecular weight is 252 g/mol. The molecule has 2 fully saturated rings. The van der Waals surface area contributed by atoms with Gasteiger partial charge in [-0.1, -0.05) is 19.8 Å². The third kappa shape index (κ3) is 3.03. The van der Waals surface area contributed by atoms with E-state index in [0.717, 1.165) is 38.9 Å². The number of carbonyl (C=O) groups is 2. The molecule has 102 valence electrons. The SMILES string of the molecule is CCC(=O)N1CCCN(C(=O)C2CCCC2)CC1. The van der Waals surface area contributed by atoms with Crippen molar-refractivity contribution in [2.45, 2.75) is 45.4 Å². The summed E-state index contributed by atoms with van der Waals surface area (Å²) in [5.41, 5.74) is 0. The van der Waals surface area contributed by atoms with Gasteiger partial charge in [0, 0.05) is 38.5 Å². The lowest BCUT2D eigenvalue weighted by Crippen LogP contribution is -2.39. The van der Waals surface area contributed by atoms with Gasteiger partial charge >= 0.3 is 0 Å². The van der Waals surface area contributed by atoms with Crippen LogP contribution in [0.5, 0.6) is 0 Å². The molecule has 4 nitrogen and oxygen atoms in total. The van der Waals surface area contributed by atoms with Gasteiger partial charge < -0.3 is 9.80 Å². The Balaban J connectivity index is 1.88. The third-order valence-corrected chi connectivity index (χ3v) is 4.17. The molecule has 1 saturated heterocycles. The van der Waals surface area contributed by atoms with Crippen LogP contribution < -0.4 is 0 Å². The van der Waals surface area contributed by atoms with Crippen LogP contribution in [0.3, 0.4) is 0 Å². The Kier molecular flexibility index (Phi) is 4.61. The first-order chi connectivity index (χ1) is 8.72. The molecule has 0 N–H and O–H groups in total. The van der Waals surface area contributed by atoms with Gasteiger partial charge in [0.05, 0.1) is 0 Å². The highest BCUT2D eigenvalue weighted by Crippen LogP contribution is 2.26. The van der Waals surface area contributed by atoms with Crippen LogP contribution in [-0.2, 0) is 9.59 Å². The van der Waals surface area contributed by atoms with Crippen LogP contribution in [0.2, 0.25) is 0 Å². The van der Waals surface area contributed by atoms with Crippen LogP contribution in [-0.4, -0.2) is 47.8 Å². The first-order valence-corrected chi connectivity index (χ1v) is 7.29. The molecule has 0 aromatic carbocycles. The topological polar surface area (TPSA) is 40.6 Å². The van der Waals surface area contributed by atoms with Gasteiger partial charge in [0.25, 0.3) is 0 Å². The highest BCUT2D eigenvalue weighted by molar-refractivity contribution is 5.79. The minimum absolute atomic E-state index is 0.213.